The molecule has 0 saturated carbocycles. The number of furan rings is 1. The number of benzene rings is 1. The van der Waals surface area contributed by atoms with Crippen LogP contribution in [-0.4, -0.2) is 37.0 Å². The molecule has 0 radical (unpaired) electrons. The maximum absolute atomic E-state index is 12.7. The second-order valence-electron chi connectivity index (χ2n) is 6.05. The van der Waals surface area contributed by atoms with E-state index in [1.807, 2.05) is 29.2 Å². The third-order valence-electron chi connectivity index (χ3n) is 4.77. The summed E-state index contributed by atoms with van der Waals surface area (Å²) in [6.45, 7) is 3.86. The van der Waals surface area contributed by atoms with Gasteiger partial charge in [0.25, 0.3) is 5.91 Å². The second-order valence-corrected chi connectivity index (χ2v) is 6.05. The van der Waals surface area contributed by atoms with Crippen molar-refractivity contribution in [2.24, 2.45) is 5.41 Å². The molecule has 1 aromatic carbocycles. The summed E-state index contributed by atoms with van der Waals surface area (Å²) in [6, 6.07) is 7.73. The van der Waals surface area contributed by atoms with Gasteiger partial charge < -0.3 is 14.6 Å². The minimum atomic E-state index is 0.110. The molecule has 2 aliphatic rings. The fraction of sp³-hybridized carbons (Fsp3) is 0.438. The van der Waals surface area contributed by atoms with Crippen LogP contribution in [0.3, 0.4) is 0 Å². The number of nitrogens with one attached hydrogen (secondary N) is 1. The Bertz CT molecular complexity index is 655. The fourth-order valence-electron chi connectivity index (χ4n) is 3.57. The van der Waals surface area contributed by atoms with Crippen LogP contribution in [0.5, 0.6) is 0 Å². The van der Waals surface area contributed by atoms with Crippen LogP contribution in [0.4, 0.5) is 0 Å². The van der Waals surface area contributed by atoms with Crippen molar-refractivity contribution in [3.8, 4) is 0 Å². The first kappa shape index (κ1) is 12.0. The number of carbonyl (C=O) groups excluding carboxylic acids is 1. The van der Waals surface area contributed by atoms with Gasteiger partial charge in [-0.2, -0.15) is 0 Å². The Balaban J connectivity index is 1.62. The smallest absolute Gasteiger partial charge is 0.257 e. The van der Waals surface area contributed by atoms with E-state index in [1.54, 1.807) is 6.26 Å². The zero-order valence-electron chi connectivity index (χ0n) is 11.4. The molecule has 1 amide bonds. The van der Waals surface area contributed by atoms with Gasteiger partial charge in [0.2, 0.25) is 0 Å². The number of amides is 1. The normalized spacial score (nSPS) is 25.9. The van der Waals surface area contributed by atoms with Crippen molar-refractivity contribution in [2.45, 2.75) is 12.8 Å². The Morgan fingerprint density at radius 2 is 2.20 bits per heavy atom. The highest BCUT2D eigenvalue weighted by Gasteiger charge is 2.42. The molecule has 4 heteroatoms. The van der Waals surface area contributed by atoms with Gasteiger partial charge in [0, 0.05) is 30.4 Å². The number of hydrogen-bond donors (Lipinski definition) is 1. The molecule has 2 aromatic rings. The first-order valence-electron chi connectivity index (χ1n) is 7.24. The van der Waals surface area contributed by atoms with Gasteiger partial charge >= 0.3 is 0 Å². The van der Waals surface area contributed by atoms with Gasteiger partial charge in [0.05, 0.1) is 5.56 Å². The average molecular weight is 270 g/mol. The number of hydrogen-bond acceptors (Lipinski definition) is 3. The molecule has 1 N–H and O–H groups in total. The molecule has 2 fully saturated rings. The summed E-state index contributed by atoms with van der Waals surface area (Å²) in [7, 11) is 0. The minimum absolute atomic E-state index is 0.110. The number of nitrogens with zero attached hydrogens (tertiary/aromatic N) is 1. The van der Waals surface area contributed by atoms with Gasteiger partial charge in [-0.15, -0.1) is 0 Å². The molecule has 4 rings (SSSR count). The van der Waals surface area contributed by atoms with Crippen LogP contribution in [-0.2, 0) is 0 Å². The molecule has 0 aliphatic carbocycles. The molecule has 3 heterocycles. The van der Waals surface area contributed by atoms with Crippen LogP contribution < -0.4 is 5.32 Å². The van der Waals surface area contributed by atoms with Gasteiger partial charge in [0.1, 0.15) is 11.8 Å². The van der Waals surface area contributed by atoms with Crippen molar-refractivity contribution in [1.82, 2.24) is 10.2 Å². The predicted molar refractivity (Wildman–Crippen MR) is 76.7 cm³/mol. The van der Waals surface area contributed by atoms with Crippen molar-refractivity contribution in [2.75, 3.05) is 26.2 Å². The van der Waals surface area contributed by atoms with E-state index in [9.17, 15) is 4.79 Å². The molecule has 1 aromatic heterocycles. The van der Waals surface area contributed by atoms with E-state index in [4.69, 9.17) is 4.42 Å². The number of likely N-dealkylation sites (tertiary alicyclic amines) is 1. The largest absolute Gasteiger partial charge is 0.463 e. The SMILES string of the molecule is O=C(c1coc2ccccc12)N1CCC2(CCNC2)C1. The fourth-order valence-corrected chi connectivity index (χ4v) is 3.57. The lowest BCUT2D eigenvalue weighted by atomic mass is 9.86. The molecule has 20 heavy (non-hydrogen) atoms. The van der Waals surface area contributed by atoms with Crippen LogP contribution in [0.1, 0.15) is 23.2 Å². The number of rotatable bonds is 1. The Hall–Kier alpha value is -1.81. The molecule has 1 unspecified atom stereocenters. The highest BCUT2D eigenvalue weighted by atomic mass is 16.3. The van der Waals surface area contributed by atoms with Gasteiger partial charge in [-0.1, -0.05) is 18.2 Å². The molecule has 1 atom stereocenters. The number of fused-ring (bicyclic) bond motifs is 1. The Morgan fingerprint density at radius 3 is 3.05 bits per heavy atom. The summed E-state index contributed by atoms with van der Waals surface area (Å²) < 4.78 is 5.49. The van der Waals surface area contributed by atoms with Crippen LogP contribution in [0, 0.1) is 5.41 Å². The highest BCUT2D eigenvalue weighted by molar-refractivity contribution is 6.06. The lowest BCUT2D eigenvalue weighted by molar-refractivity contribution is 0.0776. The number of para-hydroxylation sites is 1. The van der Waals surface area contributed by atoms with Gasteiger partial charge in [0.15, 0.2) is 0 Å². The van der Waals surface area contributed by atoms with Crippen LogP contribution in [0.15, 0.2) is 34.9 Å². The lowest BCUT2D eigenvalue weighted by Crippen LogP contribution is -2.33. The van der Waals surface area contributed by atoms with E-state index in [2.05, 4.69) is 5.32 Å². The predicted octanol–water partition coefficient (Wildman–Crippen LogP) is 2.26. The Kier molecular flexibility index (Phi) is 2.60. The minimum Gasteiger partial charge on any atom is -0.463 e. The summed E-state index contributed by atoms with van der Waals surface area (Å²) in [6.07, 6.45) is 3.90. The summed E-state index contributed by atoms with van der Waals surface area (Å²) in [5, 5.41) is 4.34. The van der Waals surface area contributed by atoms with E-state index < -0.39 is 0 Å². The van der Waals surface area contributed by atoms with Gasteiger partial charge in [-0.05, 0) is 25.5 Å². The van der Waals surface area contributed by atoms with E-state index in [1.165, 1.54) is 6.42 Å². The lowest BCUT2D eigenvalue weighted by Gasteiger charge is -2.22. The van der Waals surface area contributed by atoms with Crippen molar-refractivity contribution in [3.63, 3.8) is 0 Å². The first-order valence-corrected chi connectivity index (χ1v) is 7.24. The summed E-state index contributed by atoms with van der Waals surface area (Å²) in [4.78, 5) is 14.7. The van der Waals surface area contributed by atoms with Crippen LogP contribution >= 0.6 is 0 Å². The molecule has 2 aliphatic heterocycles. The number of carbonyl (C=O) groups is 1. The molecule has 1 spiro atoms. The Labute approximate surface area is 117 Å². The molecule has 0 bridgehead atoms. The summed E-state index contributed by atoms with van der Waals surface area (Å²) >= 11 is 0. The van der Waals surface area contributed by atoms with Crippen molar-refractivity contribution in [1.29, 1.82) is 0 Å². The van der Waals surface area contributed by atoms with Gasteiger partial charge in [-0.25, -0.2) is 0 Å². The topological polar surface area (TPSA) is 45.5 Å². The van der Waals surface area contributed by atoms with Crippen LogP contribution in [0.25, 0.3) is 11.0 Å². The molecule has 104 valence electrons. The second kappa shape index (κ2) is 4.35. The molecular weight excluding hydrogens is 252 g/mol. The molecular formula is C16H18N2O2. The van der Waals surface area contributed by atoms with Gasteiger partial charge in [-0.3, -0.25) is 4.79 Å². The summed E-state index contributed by atoms with van der Waals surface area (Å²) in [5.41, 5.74) is 1.80. The highest BCUT2D eigenvalue weighted by Crippen LogP contribution is 2.37. The quantitative estimate of drug-likeness (QED) is 0.864. The van der Waals surface area contributed by atoms with E-state index >= 15 is 0 Å². The maximum atomic E-state index is 12.7. The molecule has 2 saturated heterocycles. The van der Waals surface area contributed by atoms with Crippen molar-refractivity contribution < 1.29 is 9.21 Å². The van der Waals surface area contributed by atoms with Crippen molar-refractivity contribution in [3.05, 3.63) is 36.1 Å². The first-order chi connectivity index (χ1) is 9.77. The third-order valence-corrected chi connectivity index (χ3v) is 4.77. The zero-order chi connectivity index (χ0) is 13.6. The zero-order valence-corrected chi connectivity index (χ0v) is 11.4. The van der Waals surface area contributed by atoms with Crippen molar-refractivity contribution >= 4 is 16.9 Å². The maximum Gasteiger partial charge on any atom is 0.257 e. The van der Waals surface area contributed by atoms with E-state index in [0.29, 0.717) is 11.0 Å². The van der Waals surface area contributed by atoms with E-state index in [-0.39, 0.29) is 5.91 Å². The van der Waals surface area contributed by atoms with Crippen LogP contribution in [0.2, 0.25) is 0 Å². The summed E-state index contributed by atoms with van der Waals surface area (Å²) in [5.74, 6) is 0.110. The molecule has 4 nitrogen and oxygen atoms in total. The standard InChI is InChI=1S/C16H18N2O2/c19-15(13-9-20-14-4-2-1-3-12(13)14)18-8-6-16(11-18)5-7-17-10-16/h1-4,9,17H,5-8,10-11H2. The third kappa shape index (κ3) is 1.75. The Morgan fingerprint density at radius 1 is 1.30 bits per heavy atom. The van der Waals surface area contributed by atoms with E-state index in [0.717, 1.165) is 43.6 Å². The average Bonchev–Trinajstić information content (AvgIpc) is 3.20. The monoisotopic (exact) mass is 270 g/mol.